The molecule has 0 saturated heterocycles. The number of aromatic nitrogens is 1. The van der Waals surface area contributed by atoms with Crippen LogP contribution in [0.5, 0.6) is 0 Å². The summed E-state index contributed by atoms with van der Waals surface area (Å²) in [5.41, 5.74) is 11.4. The number of hydrogen-bond donors (Lipinski definition) is 0. The molecule has 1 atom stereocenters. The molecule has 1 aliphatic heterocycles. The van der Waals surface area contributed by atoms with Crippen LogP contribution in [-0.2, 0) is 0 Å². The monoisotopic (exact) mass is 695 g/mol. The lowest BCUT2D eigenvalue weighted by Gasteiger charge is -2.36. The Balaban J connectivity index is 1.07. The molecule has 0 bridgehead atoms. The maximum Gasteiger partial charge on any atom is 0.0946 e. The molecule has 1 aliphatic carbocycles. The largest absolute Gasteiger partial charge is 0.360 e. The predicted molar refractivity (Wildman–Crippen MR) is 227 cm³/mol. The summed E-state index contributed by atoms with van der Waals surface area (Å²) < 4.78 is 5.09. The van der Waals surface area contributed by atoms with Crippen molar-refractivity contribution < 1.29 is 0 Å². The zero-order valence-electron chi connectivity index (χ0n) is 29.1. The summed E-state index contributed by atoms with van der Waals surface area (Å²) in [4.78, 5) is 7.71. The van der Waals surface area contributed by atoms with Gasteiger partial charge in [-0.3, -0.25) is 0 Å². The maximum atomic E-state index is 5.34. The fourth-order valence-corrected chi connectivity index (χ4v) is 9.70. The number of likely N-dealkylation sites (N-methyl/N-ethyl adjacent to an activating group) is 1. The number of benzene rings is 7. The van der Waals surface area contributed by atoms with Crippen LogP contribution in [0.1, 0.15) is 11.1 Å². The first-order valence-corrected chi connectivity index (χ1v) is 19.0. The van der Waals surface area contributed by atoms with Crippen molar-refractivity contribution in [1.29, 1.82) is 0 Å². The van der Waals surface area contributed by atoms with Crippen LogP contribution in [-0.4, -0.2) is 28.3 Å². The van der Waals surface area contributed by atoms with Crippen molar-refractivity contribution in [1.82, 2.24) is 9.47 Å². The molecule has 250 valence electrons. The van der Waals surface area contributed by atoms with Crippen LogP contribution < -0.4 is 0 Å². The maximum absolute atomic E-state index is 5.34. The van der Waals surface area contributed by atoms with Crippen LogP contribution in [0, 0.1) is 0 Å². The number of aliphatic imine (C=N–C) groups is 1. The van der Waals surface area contributed by atoms with Gasteiger partial charge in [-0.15, -0.1) is 11.3 Å². The van der Waals surface area contributed by atoms with Gasteiger partial charge in [0.2, 0.25) is 0 Å². The number of thiophene rings is 1. The second-order valence-corrected chi connectivity index (χ2v) is 15.1. The van der Waals surface area contributed by atoms with Gasteiger partial charge in [0.25, 0.3) is 0 Å². The molecular formula is C49H33N3S. The average molecular weight is 696 g/mol. The lowest BCUT2D eigenvalue weighted by Crippen LogP contribution is -2.38. The highest BCUT2D eigenvalue weighted by atomic mass is 32.1. The lowest BCUT2D eigenvalue weighted by molar-refractivity contribution is 0.477. The van der Waals surface area contributed by atoms with Crippen LogP contribution in [0.25, 0.3) is 81.0 Å². The SMILES string of the molecule is CN1C(c2ccc(-c3ccccc3)cc2)=C(c2ccc(-n3c4ccccc4c4c5ccc6sc7ccccc7c6c5ccc43)cc2)N=C2C=CC=CC21. The summed E-state index contributed by atoms with van der Waals surface area (Å²) in [7, 11) is 2.19. The van der Waals surface area contributed by atoms with E-state index in [1.807, 2.05) is 11.3 Å². The molecule has 0 spiro atoms. The molecule has 2 aromatic heterocycles. The third-order valence-electron chi connectivity index (χ3n) is 11.0. The van der Waals surface area contributed by atoms with Gasteiger partial charge in [0.1, 0.15) is 0 Å². The topological polar surface area (TPSA) is 20.5 Å². The molecule has 11 rings (SSSR count). The molecule has 2 aliphatic rings. The van der Waals surface area contributed by atoms with Crippen molar-refractivity contribution in [2.24, 2.45) is 4.99 Å². The molecule has 4 heteroatoms. The number of hydrogen-bond acceptors (Lipinski definition) is 3. The smallest absolute Gasteiger partial charge is 0.0946 e. The number of rotatable bonds is 4. The summed E-state index contributed by atoms with van der Waals surface area (Å²) in [5, 5.41) is 7.86. The van der Waals surface area contributed by atoms with Crippen LogP contribution in [0.4, 0.5) is 0 Å². The third kappa shape index (κ3) is 4.62. The second kappa shape index (κ2) is 11.8. The zero-order chi connectivity index (χ0) is 35.0. The highest BCUT2D eigenvalue weighted by molar-refractivity contribution is 7.26. The van der Waals surface area contributed by atoms with Crippen LogP contribution in [0.3, 0.4) is 0 Å². The lowest BCUT2D eigenvalue weighted by atomic mass is 9.95. The molecule has 0 N–H and O–H groups in total. The fourth-order valence-electron chi connectivity index (χ4n) is 8.58. The minimum absolute atomic E-state index is 0.0903. The predicted octanol–water partition coefficient (Wildman–Crippen LogP) is 12.7. The van der Waals surface area contributed by atoms with Gasteiger partial charge in [-0.2, -0.15) is 0 Å². The molecular weight excluding hydrogens is 663 g/mol. The molecule has 0 radical (unpaired) electrons. The first-order valence-electron chi connectivity index (χ1n) is 18.1. The normalized spacial score (nSPS) is 15.7. The van der Waals surface area contributed by atoms with Crippen molar-refractivity contribution >= 4 is 81.2 Å². The van der Waals surface area contributed by atoms with Crippen LogP contribution in [0.2, 0.25) is 0 Å². The molecule has 0 amide bonds. The number of para-hydroxylation sites is 1. The van der Waals surface area contributed by atoms with E-state index in [2.05, 4.69) is 192 Å². The van der Waals surface area contributed by atoms with Crippen molar-refractivity contribution in [3.8, 4) is 16.8 Å². The minimum Gasteiger partial charge on any atom is -0.360 e. The van der Waals surface area contributed by atoms with Gasteiger partial charge < -0.3 is 9.47 Å². The molecule has 3 nitrogen and oxygen atoms in total. The first-order chi connectivity index (χ1) is 26.2. The van der Waals surface area contributed by atoms with Gasteiger partial charge in [-0.1, -0.05) is 133 Å². The van der Waals surface area contributed by atoms with E-state index in [9.17, 15) is 0 Å². The van der Waals surface area contributed by atoms with Gasteiger partial charge >= 0.3 is 0 Å². The van der Waals surface area contributed by atoms with Gasteiger partial charge in [0, 0.05) is 54.8 Å². The molecule has 53 heavy (non-hydrogen) atoms. The van der Waals surface area contributed by atoms with Crippen molar-refractivity contribution in [2.75, 3.05) is 7.05 Å². The Labute approximate surface area is 311 Å². The van der Waals surface area contributed by atoms with E-state index in [0.717, 1.165) is 33.9 Å². The second-order valence-electron chi connectivity index (χ2n) is 14.0. The van der Waals surface area contributed by atoms with E-state index in [1.165, 1.54) is 63.9 Å². The highest BCUT2D eigenvalue weighted by Crippen LogP contribution is 2.44. The molecule has 0 fully saturated rings. The van der Waals surface area contributed by atoms with E-state index in [-0.39, 0.29) is 6.04 Å². The Hall–Kier alpha value is -6.49. The Morgan fingerprint density at radius 2 is 1.19 bits per heavy atom. The summed E-state index contributed by atoms with van der Waals surface area (Å²) in [6.07, 6.45) is 8.58. The Morgan fingerprint density at radius 1 is 0.509 bits per heavy atom. The van der Waals surface area contributed by atoms with Crippen molar-refractivity contribution in [2.45, 2.75) is 6.04 Å². The fraction of sp³-hybridized carbons (Fsp3) is 0.0408. The van der Waals surface area contributed by atoms with E-state index >= 15 is 0 Å². The molecule has 9 aromatic rings. The molecule has 0 saturated carbocycles. The summed E-state index contributed by atoms with van der Waals surface area (Å²) in [6.45, 7) is 0. The van der Waals surface area contributed by atoms with Crippen molar-refractivity contribution in [3.63, 3.8) is 0 Å². The minimum atomic E-state index is 0.0903. The summed E-state index contributed by atoms with van der Waals surface area (Å²) in [6, 6.07) is 55.5. The van der Waals surface area contributed by atoms with Crippen molar-refractivity contribution in [3.05, 3.63) is 187 Å². The highest BCUT2D eigenvalue weighted by Gasteiger charge is 2.29. The van der Waals surface area contributed by atoms with E-state index in [1.54, 1.807) is 0 Å². The molecule has 1 unspecified atom stereocenters. The van der Waals surface area contributed by atoms with Crippen LogP contribution >= 0.6 is 11.3 Å². The van der Waals surface area contributed by atoms with E-state index in [0.29, 0.717) is 0 Å². The Bertz CT molecular complexity index is 3050. The Morgan fingerprint density at radius 3 is 2.04 bits per heavy atom. The van der Waals surface area contributed by atoms with Crippen LogP contribution in [0.15, 0.2) is 181 Å². The quantitative estimate of drug-likeness (QED) is 0.179. The van der Waals surface area contributed by atoms with Gasteiger partial charge in [0.15, 0.2) is 0 Å². The first kappa shape index (κ1) is 30.2. The van der Waals surface area contributed by atoms with E-state index in [4.69, 9.17) is 4.99 Å². The average Bonchev–Trinajstić information content (AvgIpc) is 3.78. The Kier molecular flexibility index (Phi) is 6.70. The number of fused-ring (bicyclic) bond motifs is 10. The zero-order valence-corrected chi connectivity index (χ0v) is 29.9. The molecule has 7 aromatic carbocycles. The van der Waals surface area contributed by atoms with Gasteiger partial charge in [-0.25, -0.2) is 4.99 Å². The standard InChI is InChI=1S/C49H33N3S/c1-51-42-17-9-7-15-40(42)50-48(49(51)34-21-19-32(20-22-34)31-11-3-2-4-12-31)33-23-25-35(26-24-33)52-41-16-8-5-13-38(41)46-36-28-30-45-47(37(36)27-29-43(46)52)39-14-6-10-18-44(39)53-45/h2-30,42H,1H3. The number of allylic oxidation sites excluding steroid dienone is 2. The summed E-state index contributed by atoms with van der Waals surface area (Å²) in [5.74, 6) is 0. The van der Waals surface area contributed by atoms with E-state index < -0.39 is 0 Å². The summed E-state index contributed by atoms with van der Waals surface area (Å²) >= 11 is 1.88. The van der Waals surface area contributed by atoms with Gasteiger partial charge in [-0.05, 0) is 64.4 Å². The number of nitrogens with zero attached hydrogens (tertiary/aromatic N) is 3. The third-order valence-corrected chi connectivity index (χ3v) is 12.2. The van der Waals surface area contributed by atoms with Gasteiger partial charge in [0.05, 0.1) is 34.2 Å². The molecule has 3 heterocycles.